The number of hydrogen-bond donors (Lipinski definition) is 0. The van der Waals surface area contributed by atoms with Crippen molar-refractivity contribution >= 4 is 16.3 Å². The van der Waals surface area contributed by atoms with Crippen molar-refractivity contribution in [2.24, 2.45) is 17.8 Å². The van der Waals surface area contributed by atoms with Crippen LogP contribution in [-0.2, 0) is 5.41 Å². The molecule has 7 heteroatoms. The summed E-state index contributed by atoms with van der Waals surface area (Å²) in [7, 11) is 0. The van der Waals surface area contributed by atoms with E-state index < -0.39 is 6.36 Å². The zero-order valence-corrected chi connectivity index (χ0v) is 16.6. The molecule has 0 atom stereocenters. The summed E-state index contributed by atoms with van der Waals surface area (Å²) < 4.78 is 43.9. The van der Waals surface area contributed by atoms with Crippen molar-refractivity contribution in [1.82, 2.24) is 9.38 Å². The highest BCUT2D eigenvalue weighted by atomic mass is 32.1. The van der Waals surface area contributed by atoms with Crippen molar-refractivity contribution in [3.8, 4) is 17.0 Å². The van der Waals surface area contributed by atoms with E-state index in [0.29, 0.717) is 5.56 Å². The summed E-state index contributed by atoms with van der Waals surface area (Å²) in [6.45, 7) is 0. The lowest BCUT2D eigenvalue weighted by Crippen LogP contribution is -2.48. The Morgan fingerprint density at radius 2 is 1.76 bits per heavy atom. The van der Waals surface area contributed by atoms with Crippen LogP contribution in [0.15, 0.2) is 35.8 Å². The van der Waals surface area contributed by atoms with Crippen LogP contribution in [0.2, 0.25) is 0 Å². The molecule has 4 bridgehead atoms. The van der Waals surface area contributed by atoms with Crippen LogP contribution in [-0.4, -0.2) is 15.7 Å². The SMILES string of the molecule is FC(F)(F)Oc1cccc(-c2csc3nc(C45CC6CC(CC(C6)C4)C5)cn23)c1. The molecule has 0 N–H and O–H groups in total. The van der Waals surface area contributed by atoms with Gasteiger partial charge in [0.1, 0.15) is 5.75 Å². The number of fused-ring (bicyclic) bond motifs is 1. The first kappa shape index (κ1) is 17.8. The van der Waals surface area contributed by atoms with Crippen LogP contribution in [0.4, 0.5) is 13.2 Å². The summed E-state index contributed by atoms with van der Waals surface area (Å²) >= 11 is 1.54. The number of ether oxygens (including phenoxy) is 1. The molecule has 1 aromatic carbocycles. The van der Waals surface area contributed by atoms with E-state index in [1.54, 1.807) is 17.4 Å². The van der Waals surface area contributed by atoms with Gasteiger partial charge in [-0.1, -0.05) is 12.1 Å². The van der Waals surface area contributed by atoms with Gasteiger partial charge in [-0.3, -0.25) is 4.40 Å². The summed E-state index contributed by atoms with van der Waals surface area (Å²) in [5, 5.41) is 1.96. The third-order valence-electron chi connectivity index (χ3n) is 7.15. The molecular formula is C22H21F3N2OS. The van der Waals surface area contributed by atoms with Crippen molar-refractivity contribution in [3.63, 3.8) is 0 Å². The predicted molar refractivity (Wildman–Crippen MR) is 105 cm³/mol. The molecule has 2 heterocycles. The molecule has 29 heavy (non-hydrogen) atoms. The maximum absolute atomic E-state index is 12.6. The van der Waals surface area contributed by atoms with E-state index in [2.05, 4.69) is 10.9 Å². The van der Waals surface area contributed by atoms with Crippen LogP contribution in [0.25, 0.3) is 16.2 Å². The highest BCUT2D eigenvalue weighted by molar-refractivity contribution is 7.15. The van der Waals surface area contributed by atoms with Crippen LogP contribution in [0.3, 0.4) is 0 Å². The number of alkyl halides is 3. The van der Waals surface area contributed by atoms with Crippen molar-refractivity contribution < 1.29 is 17.9 Å². The average Bonchev–Trinajstić information content (AvgIpc) is 3.20. The molecule has 4 aliphatic rings. The second-order valence-electron chi connectivity index (χ2n) is 9.17. The lowest BCUT2D eigenvalue weighted by molar-refractivity contribution is -0.274. The number of halogens is 3. The van der Waals surface area contributed by atoms with Crippen LogP contribution in [0.1, 0.15) is 44.2 Å². The lowest BCUT2D eigenvalue weighted by Gasteiger charge is -2.56. The Kier molecular flexibility index (Phi) is 3.68. The molecule has 4 saturated carbocycles. The number of thiazole rings is 1. The number of nitrogens with zero attached hydrogens (tertiary/aromatic N) is 2. The highest BCUT2D eigenvalue weighted by Gasteiger charge is 2.52. The van der Waals surface area contributed by atoms with Crippen molar-refractivity contribution in [2.45, 2.75) is 50.3 Å². The molecule has 3 aromatic rings. The second-order valence-corrected chi connectivity index (χ2v) is 10.0. The highest BCUT2D eigenvalue weighted by Crippen LogP contribution is 2.60. The molecule has 0 spiro atoms. The van der Waals surface area contributed by atoms with Gasteiger partial charge >= 0.3 is 6.36 Å². The lowest BCUT2D eigenvalue weighted by atomic mass is 9.49. The normalized spacial score (nSPS) is 30.9. The monoisotopic (exact) mass is 418 g/mol. The Labute approximate surface area is 170 Å². The fraction of sp³-hybridized carbons (Fsp3) is 0.500. The maximum Gasteiger partial charge on any atom is 0.573 e. The molecule has 2 aromatic heterocycles. The topological polar surface area (TPSA) is 26.5 Å². The molecule has 0 unspecified atom stereocenters. The summed E-state index contributed by atoms with van der Waals surface area (Å²) in [6, 6.07) is 6.18. The third kappa shape index (κ3) is 2.97. The van der Waals surface area contributed by atoms with Gasteiger partial charge in [-0.15, -0.1) is 24.5 Å². The Morgan fingerprint density at radius 3 is 2.41 bits per heavy atom. The van der Waals surface area contributed by atoms with Gasteiger partial charge in [0.05, 0.1) is 11.4 Å². The molecule has 4 fully saturated rings. The largest absolute Gasteiger partial charge is 0.573 e. The molecule has 152 valence electrons. The van der Waals surface area contributed by atoms with E-state index in [1.165, 1.54) is 56.4 Å². The fourth-order valence-corrected chi connectivity index (χ4v) is 7.41. The van der Waals surface area contributed by atoms with Gasteiger partial charge in [-0.05, 0) is 68.4 Å². The molecule has 4 aliphatic carbocycles. The zero-order chi connectivity index (χ0) is 19.8. The minimum Gasteiger partial charge on any atom is -0.406 e. The van der Waals surface area contributed by atoms with Crippen LogP contribution in [0, 0.1) is 17.8 Å². The van der Waals surface area contributed by atoms with Gasteiger partial charge < -0.3 is 4.74 Å². The Hall–Kier alpha value is -2.02. The van der Waals surface area contributed by atoms with Crippen LogP contribution in [0.5, 0.6) is 5.75 Å². The molecule has 0 saturated heterocycles. The smallest absolute Gasteiger partial charge is 0.406 e. The van der Waals surface area contributed by atoms with Gasteiger partial charge in [0.2, 0.25) is 0 Å². The fourth-order valence-electron chi connectivity index (χ4n) is 6.52. The quantitative estimate of drug-likeness (QED) is 0.490. The van der Waals surface area contributed by atoms with Gasteiger partial charge in [-0.2, -0.15) is 0 Å². The minimum atomic E-state index is -4.69. The average molecular weight is 418 g/mol. The summed E-state index contributed by atoms with van der Waals surface area (Å²) in [4.78, 5) is 5.91. The standard InChI is InChI=1S/C22H21F3N2OS/c23-22(24,25)28-17-3-1-2-16(7-17)18-12-29-20-26-19(11-27(18)20)21-8-13-4-14(9-21)6-15(5-13)10-21/h1-3,7,11-15H,4-6,8-10H2. The van der Waals surface area contributed by atoms with Gasteiger partial charge in [0.25, 0.3) is 0 Å². The van der Waals surface area contributed by atoms with Crippen LogP contribution < -0.4 is 4.74 Å². The van der Waals surface area contributed by atoms with E-state index in [4.69, 9.17) is 4.98 Å². The number of rotatable bonds is 3. The number of imidazole rings is 1. The van der Waals surface area contributed by atoms with E-state index >= 15 is 0 Å². The van der Waals surface area contributed by atoms with Gasteiger partial charge in [-0.25, -0.2) is 4.98 Å². The van der Waals surface area contributed by atoms with E-state index in [-0.39, 0.29) is 11.2 Å². The first-order valence-electron chi connectivity index (χ1n) is 10.2. The maximum atomic E-state index is 12.6. The van der Waals surface area contributed by atoms with Crippen molar-refractivity contribution in [2.75, 3.05) is 0 Å². The molecular weight excluding hydrogens is 397 g/mol. The summed E-state index contributed by atoms with van der Waals surface area (Å²) in [5.41, 5.74) is 2.96. The molecule has 3 nitrogen and oxygen atoms in total. The predicted octanol–water partition coefficient (Wildman–Crippen LogP) is 6.43. The molecule has 0 radical (unpaired) electrons. The zero-order valence-electron chi connectivity index (χ0n) is 15.8. The Morgan fingerprint density at radius 1 is 1.07 bits per heavy atom. The van der Waals surface area contributed by atoms with E-state index in [0.717, 1.165) is 28.4 Å². The second kappa shape index (κ2) is 6.00. The first-order chi connectivity index (χ1) is 13.9. The van der Waals surface area contributed by atoms with E-state index in [1.807, 2.05) is 15.8 Å². The number of benzene rings is 1. The number of hydrogen-bond acceptors (Lipinski definition) is 3. The minimum absolute atomic E-state index is 0.198. The first-order valence-corrected chi connectivity index (χ1v) is 11.1. The van der Waals surface area contributed by atoms with E-state index in [9.17, 15) is 13.2 Å². The summed E-state index contributed by atoms with van der Waals surface area (Å²) in [5.74, 6) is 2.33. The molecule has 0 amide bonds. The summed E-state index contributed by atoms with van der Waals surface area (Å²) in [6.07, 6.45) is 5.35. The van der Waals surface area contributed by atoms with Crippen molar-refractivity contribution in [1.29, 1.82) is 0 Å². The van der Waals surface area contributed by atoms with Gasteiger partial charge in [0.15, 0.2) is 4.96 Å². The Bertz CT molecular complexity index is 1050. The molecule has 0 aliphatic heterocycles. The molecule has 7 rings (SSSR count). The Balaban J connectivity index is 1.38. The van der Waals surface area contributed by atoms with Gasteiger partial charge in [0, 0.05) is 22.6 Å². The third-order valence-corrected chi connectivity index (χ3v) is 7.99. The number of aromatic nitrogens is 2. The van der Waals surface area contributed by atoms with Crippen molar-refractivity contribution in [3.05, 3.63) is 41.5 Å². The van der Waals surface area contributed by atoms with Crippen LogP contribution >= 0.6 is 11.3 Å².